The van der Waals surface area contributed by atoms with Gasteiger partial charge in [-0.05, 0) is 44.0 Å². The van der Waals surface area contributed by atoms with Crippen LogP contribution in [0.15, 0.2) is 18.2 Å². The molecule has 1 N–H and O–H groups in total. The summed E-state index contributed by atoms with van der Waals surface area (Å²) in [5, 5.41) is 9.28. The first-order valence-electron chi connectivity index (χ1n) is 4.96. The lowest BCUT2D eigenvalue weighted by atomic mass is 10.1. The minimum Gasteiger partial charge on any atom is -0.392 e. The van der Waals surface area contributed by atoms with Gasteiger partial charge in [0.1, 0.15) is 0 Å². The maximum atomic E-state index is 9.28. The Morgan fingerprint density at radius 3 is 2.14 bits per heavy atom. The summed E-state index contributed by atoms with van der Waals surface area (Å²) in [4.78, 5) is 2.07. The number of benzene rings is 1. The highest BCUT2D eigenvalue weighted by atomic mass is 16.3. The first-order valence-corrected chi connectivity index (χ1v) is 4.96. The lowest BCUT2D eigenvalue weighted by Gasteiger charge is -2.21. The van der Waals surface area contributed by atoms with Crippen molar-refractivity contribution in [1.29, 1.82) is 0 Å². The van der Waals surface area contributed by atoms with Crippen LogP contribution in [0, 0.1) is 13.8 Å². The molecule has 0 spiro atoms. The molecule has 2 heteroatoms. The third kappa shape index (κ3) is 3.04. The van der Waals surface area contributed by atoms with Crippen molar-refractivity contribution in [3.8, 4) is 0 Å². The van der Waals surface area contributed by atoms with Gasteiger partial charge in [-0.1, -0.05) is 6.07 Å². The molecular formula is C12H19NO. The van der Waals surface area contributed by atoms with Crippen molar-refractivity contribution in [3.05, 3.63) is 29.3 Å². The molecule has 0 radical (unpaired) electrons. The van der Waals surface area contributed by atoms with Crippen LogP contribution in [0.25, 0.3) is 0 Å². The monoisotopic (exact) mass is 193 g/mol. The van der Waals surface area contributed by atoms with Crippen molar-refractivity contribution < 1.29 is 5.11 Å². The van der Waals surface area contributed by atoms with Gasteiger partial charge < -0.3 is 10.0 Å². The molecule has 0 saturated heterocycles. The molecule has 0 aromatic heterocycles. The molecule has 14 heavy (non-hydrogen) atoms. The lowest BCUT2D eigenvalue weighted by molar-refractivity contribution is 0.201. The second-order valence-corrected chi connectivity index (χ2v) is 4.08. The van der Waals surface area contributed by atoms with E-state index in [1.165, 1.54) is 16.8 Å². The van der Waals surface area contributed by atoms with E-state index in [1.54, 1.807) is 6.92 Å². The molecule has 0 aliphatic heterocycles. The largest absolute Gasteiger partial charge is 0.392 e. The van der Waals surface area contributed by atoms with Crippen molar-refractivity contribution in [3.63, 3.8) is 0 Å². The molecule has 2 nitrogen and oxygen atoms in total. The van der Waals surface area contributed by atoms with Gasteiger partial charge in [0.25, 0.3) is 0 Å². The molecule has 0 fully saturated rings. The zero-order valence-corrected chi connectivity index (χ0v) is 9.41. The number of nitrogens with zero attached hydrogens (tertiary/aromatic N) is 1. The number of aryl methyl sites for hydroxylation is 2. The van der Waals surface area contributed by atoms with Crippen molar-refractivity contribution in [1.82, 2.24) is 0 Å². The van der Waals surface area contributed by atoms with Crippen LogP contribution in [0.5, 0.6) is 0 Å². The second-order valence-electron chi connectivity index (χ2n) is 4.08. The van der Waals surface area contributed by atoms with Crippen molar-refractivity contribution in [2.45, 2.75) is 26.9 Å². The average Bonchev–Trinajstić information content (AvgIpc) is 2.00. The number of aliphatic hydroxyl groups is 1. The van der Waals surface area contributed by atoms with E-state index in [9.17, 15) is 5.11 Å². The third-order valence-corrected chi connectivity index (χ3v) is 2.19. The maximum absolute atomic E-state index is 9.28. The number of rotatable bonds is 3. The van der Waals surface area contributed by atoms with Gasteiger partial charge in [0.05, 0.1) is 6.10 Å². The van der Waals surface area contributed by atoms with Crippen molar-refractivity contribution in [2.75, 3.05) is 18.5 Å². The maximum Gasteiger partial charge on any atom is 0.0686 e. The quantitative estimate of drug-likeness (QED) is 0.795. The van der Waals surface area contributed by atoms with E-state index in [1.807, 2.05) is 7.05 Å². The smallest absolute Gasteiger partial charge is 0.0686 e. The molecule has 0 bridgehead atoms. The van der Waals surface area contributed by atoms with Gasteiger partial charge in [0.2, 0.25) is 0 Å². The lowest BCUT2D eigenvalue weighted by Crippen LogP contribution is -2.26. The fraction of sp³-hybridized carbons (Fsp3) is 0.500. The van der Waals surface area contributed by atoms with Gasteiger partial charge in [-0.2, -0.15) is 0 Å². The number of hydrogen-bond donors (Lipinski definition) is 1. The Bertz CT molecular complexity index is 287. The summed E-state index contributed by atoms with van der Waals surface area (Å²) in [5.41, 5.74) is 3.69. The zero-order valence-electron chi connectivity index (χ0n) is 9.41. The van der Waals surface area contributed by atoms with Gasteiger partial charge in [-0.15, -0.1) is 0 Å². The standard InChI is InChI=1S/C12H19NO/c1-9-5-10(2)7-12(6-9)13(4)8-11(3)14/h5-7,11,14H,8H2,1-4H3/t11-/m0/s1. The molecule has 0 aliphatic rings. The van der Waals surface area contributed by atoms with Gasteiger partial charge in [0.15, 0.2) is 0 Å². The van der Waals surface area contributed by atoms with E-state index in [0.717, 1.165) is 0 Å². The van der Waals surface area contributed by atoms with E-state index in [4.69, 9.17) is 0 Å². The van der Waals surface area contributed by atoms with E-state index >= 15 is 0 Å². The van der Waals surface area contributed by atoms with Gasteiger partial charge in [-0.3, -0.25) is 0 Å². The normalized spacial score (nSPS) is 12.6. The van der Waals surface area contributed by atoms with E-state index in [0.29, 0.717) is 6.54 Å². The minimum absolute atomic E-state index is 0.291. The molecule has 1 aromatic rings. The fourth-order valence-corrected chi connectivity index (χ4v) is 1.67. The number of aliphatic hydroxyl groups excluding tert-OH is 1. The Morgan fingerprint density at radius 2 is 1.71 bits per heavy atom. The van der Waals surface area contributed by atoms with Crippen LogP contribution in [0.1, 0.15) is 18.1 Å². The number of anilines is 1. The molecule has 0 unspecified atom stereocenters. The minimum atomic E-state index is -0.291. The Balaban J connectivity index is 2.84. The molecule has 1 rings (SSSR count). The van der Waals surface area contributed by atoms with Crippen LogP contribution in [0.2, 0.25) is 0 Å². The molecule has 0 amide bonds. The summed E-state index contributed by atoms with van der Waals surface area (Å²) in [6.07, 6.45) is -0.291. The highest BCUT2D eigenvalue weighted by Crippen LogP contribution is 2.17. The summed E-state index contributed by atoms with van der Waals surface area (Å²) in [6, 6.07) is 6.42. The molecule has 1 atom stereocenters. The summed E-state index contributed by atoms with van der Waals surface area (Å²) >= 11 is 0. The Hall–Kier alpha value is -1.02. The first-order chi connectivity index (χ1) is 6.49. The van der Waals surface area contributed by atoms with Gasteiger partial charge in [0, 0.05) is 19.3 Å². The van der Waals surface area contributed by atoms with Gasteiger partial charge in [-0.25, -0.2) is 0 Å². The van der Waals surface area contributed by atoms with Crippen molar-refractivity contribution >= 4 is 5.69 Å². The SMILES string of the molecule is Cc1cc(C)cc(N(C)C[C@H](C)O)c1. The topological polar surface area (TPSA) is 23.5 Å². The summed E-state index contributed by atoms with van der Waals surface area (Å²) < 4.78 is 0. The predicted octanol–water partition coefficient (Wildman–Crippen LogP) is 2.12. The second kappa shape index (κ2) is 4.47. The predicted molar refractivity (Wildman–Crippen MR) is 60.9 cm³/mol. The van der Waals surface area contributed by atoms with E-state index < -0.39 is 0 Å². The van der Waals surface area contributed by atoms with Gasteiger partial charge >= 0.3 is 0 Å². The van der Waals surface area contributed by atoms with Crippen molar-refractivity contribution in [2.24, 2.45) is 0 Å². The van der Waals surface area contributed by atoms with Crippen LogP contribution in [0.4, 0.5) is 5.69 Å². The van der Waals surface area contributed by atoms with Crippen LogP contribution < -0.4 is 4.90 Å². The molecule has 0 saturated carbocycles. The molecule has 0 aliphatic carbocycles. The Labute approximate surface area is 86.2 Å². The highest BCUT2D eigenvalue weighted by Gasteiger charge is 2.04. The summed E-state index contributed by atoms with van der Waals surface area (Å²) in [5.74, 6) is 0. The molecule has 1 aromatic carbocycles. The zero-order chi connectivity index (χ0) is 10.7. The average molecular weight is 193 g/mol. The summed E-state index contributed by atoms with van der Waals surface area (Å²) in [7, 11) is 2.00. The molecule has 0 heterocycles. The fourth-order valence-electron chi connectivity index (χ4n) is 1.67. The first kappa shape index (κ1) is 11.1. The van der Waals surface area contributed by atoms with Crippen LogP contribution >= 0.6 is 0 Å². The van der Waals surface area contributed by atoms with Crippen LogP contribution in [-0.2, 0) is 0 Å². The van der Waals surface area contributed by atoms with E-state index in [2.05, 4.69) is 36.9 Å². The number of hydrogen-bond acceptors (Lipinski definition) is 2. The Morgan fingerprint density at radius 1 is 1.21 bits per heavy atom. The third-order valence-electron chi connectivity index (χ3n) is 2.19. The molecular weight excluding hydrogens is 174 g/mol. The van der Waals surface area contributed by atoms with Crippen LogP contribution in [-0.4, -0.2) is 24.8 Å². The highest BCUT2D eigenvalue weighted by molar-refractivity contribution is 5.50. The Kier molecular flexibility index (Phi) is 3.53. The summed E-state index contributed by atoms with van der Waals surface area (Å²) in [6.45, 7) is 6.65. The van der Waals surface area contributed by atoms with Crippen LogP contribution in [0.3, 0.4) is 0 Å². The number of likely N-dealkylation sites (N-methyl/N-ethyl adjacent to an activating group) is 1. The molecule has 78 valence electrons. The van der Waals surface area contributed by atoms with E-state index in [-0.39, 0.29) is 6.10 Å².